The summed E-state index contributed by atoms with van der Waals surface area (Å²) in [6.07, 6.45) is 0. The highest BCUT2D eigenvalue weighted by Crippen LogP contribution is 2.23. The van der Waals surface area contributed by atoms with Crippen LogP contribution in [0.2, 0.25) is 0 Å². The van der Waals surface area contributed by atoms with E-state index in [2.05, 4.69) is 25.2 Å². The molecule has 1 amide bonds. The maximum absolute atomic E-state index is 12.8. The van der Waals surface area contributed by atoms with Gasteiger partial charge >= 0.3 is 0 Å². The lowest BCUT2D eigenvalue weighted by atomic mass is 10.0. The average Bonchev–Trinajstić information content (AvgIpc) is 3.14. The van der Waals surface area contributed by atoms with E-state index in [1.54, 1.807) is 32.0 Å². The largest absolute Gasteiger partial charge is 0.343 e. The van der Waals surface area contributed by atoms with Gasteiger partial charge in [-0.25, -0.2) is 8.42 Å². The second kappa shape index (κ2) is 7.10. The van der Waals surface area contributed by atoms with E-state index in [0.29, 0.717) is 17.3 Å². The van der Waals surface area contributed by atoms with Crippen molar-refractivity contribution in [3.05, 3.63) is 41.5 Å². The van der Waals surface area contributed by atoms with E-state index >= 15 is 0 Å². The molecule has 0 fully saturated rings. The molecule has 0 saturated carbocycles. The number of fused-ring (bicyclic) bond motifs is 1. The number of carbonyl (C=O) groups is 1. The van der Waals surface area contributed by atoms with Crippen LogP contribution in [0.1, 0.15) is 44.1 Å². The maximum Gasteiger partial charge on any atom is 0.263 e. The Balaban J connectivity index is 1.86. The summed E-state index contributed by atoms with van der Waals surface area (Å²) in [7, 11) is -3.66. The minimum Gasteiger partial charge on any atom is -0.343 e. The first-order valence-corrected chi connectivity index (χ1v) is 9.98. The van der Waals surface area contributed by atoms with E-state index < -0.39 is 22.1 Å². The van der Waals surface area contributed by atoms with Crippen LogP contribution in [0.3, 0.4) is 0 Å². The summed E-state index contributed by atoms with van der Waals surface area (Å²) in [4.78, 5) is 21.4. The number of nitrogens with zero attached hydrogens (tertiary/aromatic N) is 3. The van der Waals surface area contributed by atoms with Crippen LogP contribution < -0.4 is 10.0 Å². The Morgan fingerprint density at radius 1 is 1.26 bits per heavy atom. The van der Waals surface area contributed by atoms with Crippen LogP contribution in [0.15, 0.2) is 38.7 Å². The van der Waals surface area contributed by atoms with Crippen LogP contribution in [0.4, 0.5) is 0 Å². The van der Waals surface area contributed by atoms with Crippen LogP contribution >= 0.6 is 0 Å². The van der Waals surface area contributed by atoms with Crippen molar-refractivity contribution in [2.75, 3.05) is 0 Å². The summed E-state index contributed by atoms with van der Waals surface area (Å²) in [6.45, 7) is 7.09. The summed E-state index contributed by atoms with van der Waals surface area (Å²) < 4.78 is 32.0. The number of nitrogens with one attached hydrogen (secondary N) is 2. The van der Waals surface area contributed by atoms with Crippen molar-refractivity contribution in [2.24, 2.45) is 10.9 Å². The molecule has 9 nitrogen and oxygen atoms in total. The minimum atomic E-state index is -3.66. The number of aromatic nitrogens is 2. The SMILES string of the molecule is Cc1noc([C@@H](C)NC(=O)[C@@H](N=C2NS(=O)(=O)c3ccccc32)C(C)C)n1. The molecule has 3 rings (SSSR count). The Bertz CT molecular complexity index is 996. The smallest absolute Gasteiger partial charge is 0.263 e. The van der Waals surface area contributed by atoms with Gasteiger partial charge in [0.15, 0.2) is 5.82 Å². The summed E-state index contributed by atoms with van der Waals surface area (Å²) in [5, 5.41) is 6.50. The Kier molecular flexibility index (Phi) is 5.01. The molecule has 27 heavy (non-hydrogen) atoms. The standard InChI is InChI=1S/C17H21N5O4S/c1-9(2)14(16(23)18-10(3)17-19-11(4)21-26-17)20-15-12-7-5-6-8-13(12)27(24,25)22-15/h5-10,14H,1-4H3,(H,18,23)(H,20,22)/t10-,14+/m1/s1. The summed E-state index contributed by atoms with van der Waals surface area (Å²) >= 11 is 0. The van der Waals surface area contributed by atoms with E-state index in [1.165, 1.54) is 6.07 Å². The second-order valence-electron chi connectivity index (χ2n) is 6.68. The number of aliphatic imine (C=N–C) groups is 1. The van der Waals surface area contributed by atoms with E-state index in [-0.39, 0.29) is 22.6 Å². The highest BCUT2D eigenvalue weighted by atomic mass is 32.2. The van der Waals surface area contributed by atoms with Gasteiger partial charge in [-0.05, 0) is 31.9 Å². The fraction of sp³-hybridized carbons (Fsp3) is 0.412. The maximum atomic E-state index is 12.8. The number of benzene rings is 1. The molecule has 0 radical (unpaired) electrons. The molecule has 0 saturated heterocycles. The number of hydrogen-bond acceptors (Lipinski definition) is 7. The van der Waals surface area contributed by atoms with Gasteiger partial charge in [0.2, 0.25) is 11.8 Å². The zero-order valence-corrected chi connectivity index (χ0v) is 16.2. The van der Waals surface area contributed by atoms with Crippen LogP contribution in [-0.2, 0) is 14.8 Å². The number of amidine groups is 1. The number of sulfonamides is 1. The molecule has 2 heterocycles. The molecule has 0 aliphatic carbocycles. The third kappa shape index (κ3) is 3.85. The van der Waals surface area contributed by atoms with Crippen molar-refractivity contribution in [1.82, 2.24) is 20.2 Å². The number of hydrogen-bond donors (Lipinski definition) is 2. The third-order valence-electron chi connectivity index (χ3n) is 4.10. The van der Waals surface area contributed by atoms with Gasteiger partial charge in [-0.15, -0.1) is 0 Å². The van der Waals surface area contributed by atoms with Crippen molar-refractivity contribution in [3.63, 3.8) is 0 Å². The van der Waals surface area contributed by atoms with Crippen LogP contribution in [0.5, 0.6) is 0 Å². The van der Waals surface area contributed by atoms with Gasteiger partial charge in [-0.3, -0.25) is 14.5 Å². The molecule has 1 aliphatic rings. The molecule has 0 spiro atoms. The van der Waals surface area contributed by atoms with Crippen molar-refractivity contribution >= 4 is 21.8 Å². The van der Waals surface area contributed by atoms with Gasteiger partial charge in [0.1, 0.15) is 17.9 Å². The lowest BCUT2D eigenvalue weighted by molar-refractivity contribution is -0.124. The van der Waals surface area contributed by atoms with Crippen molar-refractivity contribution in [1.29, 1.82) is 0 Å². The molecule has 2 aromatic rings. The molecular weight excluding hydrogens is 370 g/mol. The lowest BCUT2D eigenvalue weighted by Crippen LogP contribution is -2.39. The molecule has 2 atom stereocenters. The minimum absolute atomic E-state index is 0.154. The molecule has 1 aliphatic heterocycles. The van der Waals surface area contributed by atoms with E-state index in [9.17, 15) is 13.2 Å². The Labute approximate surface area is 157 Å². The van der Waals surface area contributed by atoms with Gasteiger partial charge in [0, 0.05) is 5.56 Å². The topological polar surface area (TPSA) is 127 Å². The summed E-state index contributed by atoms with van der Waals surface area (Å²) in [5.74, 6) is 0.420. The van der Waals surface area contributed by atoms with Gasteiger partial charge in [0.05, 0.1) is 4.90 Å². The normalized spacial score (nSPS) is 18.8. The number of amides is 1. The number of aryl methyl sites for hydroxylation is 1. The average molecular weight is 391 g/mol. The first kappa shape index (κ1) is 19.0. The molecule has 10 heteroatoms. The van der Waals surface area contributed by atoms with Crippen LogP contribution in [0, 0.1) is 12.8 Å². The van der Waals surface area contributed by atoms with E-state index in [0.717, 1.165) is 0 Å². The molecule has 1 aromatic heterocycles. The van der Waals surface area contributed by atoms with Gasteiger partial charge in [-0.2, -0.15) is 4.98 Å². The second-order valence-corrected chi connectivity index (χ2v) is 8.33. The third-order valence-corrected chi connectivity index (χ3v) is 5.50. The molecular formula is C17H21N5O4S. The predicted octanol–water partition coefficient (Wildman–Crippen LogP) is 1.32. The molecule has 1 aromatic carbocycles. The van der Waals surface area contributed by atoms with Crippen molar-refractivity contribution in [3.8, 4) is 0 Å². The molecule has 144 valence electrons. The zero-order chi connectivity index (χ0) is 19.8. The monoisotopic (exact) mass is 391 g/mol. The first-order chi connectivity index (χ1) is 12.7. The van der Waals surface area contributed by atoms with Crippen molar-refractivity contribution in [2.45, 2.75) is 44.7 Å². The lowest BCUT2D eigenvalue weighted by Gasteiger charge is -2.19. The Morgan fingerprint density at radius 3 is 2.59 bits per heavy atom. The van der Waals surface area contributed by atoms with Gasteiger partial charge < -0.3 is 9.84 Å². The van der Waals surface area contributed by atoms with Crippen LogP contribution in [-0.4, -0.2) is 36.3 Å². The Morgan fingerprint density at radius 2 is 1.96 bits per heavy atom. The molecule has 0 unspecified atom stereocenters. The summed E-state index contributed by atoms with van der Waals surface area (Å²) in [5.41, 5.74) is 0.455. The fourth-order valence-electron chi connectivity index (χ4n) is 2.73. The quantitative estimate of drug-likeness (QED) is 0.791. The molecule has 0 bridgehead atoms. The predicted molar refractivity (Wildman–Crippen MR) is 97.5 cm³/mol. The van der Waals surface area contributed by atoms with Crippen molar-refractivity contribution < 1.29 is 17.7 Å². The highest BCUT2D eigenvalue weighted by Gasteiger charge is 2.33. The molecule has 2 N–H and O–H groups in total. The van der Waals surface area contributed by atoms with Gasteiger partial charge in [0.25, 0.3) is 10.0 Å². The zero-order valence-electron chi connectivity index (χ0n) is 15.4. The van der Waals surface area contributed by atoms with E-state index in [1.807, 2.05) is 13.8 Å². The van der Waals surface area contributed by atoms with Crippen LogP contribution in [0.25, 0.3) is 0 Å². The Hall–Kier alpha value is -2.75. The fourth-order valence-corrected chi connectivity index (χ4v) is 3.97. The number of rotatable bonds is 5. The summed E-state index contributed by atoms with van der Waals surface area (Å²) in [6, 6.07) is 5.24. The highest BCUT2D eigenvalue weighted by molar-refractivity contribution is 7.90. The van der Waals surface area contributed by atoms with E-state index in [4.69, 9.17) is 4.52 Å². The first-order valence-electron chi connectivity index (χ1n) is 8.49. The number of carbonyl (C=O) groups excluding carboxylic acids is 1. The van der Waals surface area contributed by atoms with Gasteiger partial charge in [-0.1, -0.05) is 31.1 Å².